The van der Waals surface area contributed by atoms with E-state index in [0.717, 1.165) is 37.3 Å². The summed E-state index contributed by atoms with van der Waals surface area (Å²) >= 11 is 0. The number of nitrogens with zero attached hydrogens (tertiary/aromatic N) is 1. The Balaban J connectivity index is 2.13. The number of piperidine rings is 1. The van der Waals surface area contributed by atoms with Gasteiger partial charge in [-0.1, -0.05) is 26.0 Å². The lowest BCUT2D eigenvalue weighted by atomic mass is 9.84. The quantitative estimate of drug-likeness (QED) is 0.816. The third-order valence-corrected chi connectivity index (χ3v) is 4.09. The van der Waals surface area contributed by atoms with Crippen LogP contribution in [-0.2, 0) is 11.3 Å². The molecule has 0 amide bonds. The largest absolute Gasteiger partial charge is 0.383 e. The first-order valence-corrected chi connectivity index (χ1v) is 7.75. The molecular weight excluding hydrogens is 267 g/mol. The lowest BCUT2D eigenvalue weighted by Gasteiger charge is -2.40. The van der Waals surface area contributed by atoms with Crippen molar-refractivity contribution in [3.63, 3.8) is 0 Å². The fourth-order valence-electron chi connectivity index (χ4n) is 3.07. The first-order chi connectivity index (χ1) is 10.0. The van der Waals surface area contributed by atoms with Crippen molar-refractivity contribution < 1.29 is 9.13 Å². The maximum atomic E-state index is 14.4. The number of benzene rings is 1. The zero-order chi connectivity index (χ0) is 15.3. The highest BCUT2D eigenvalue weighted by molar-refractivity contribution is 5.55. The zero-order valence-electron chi connectivity index (χ0n) is 13.4. The van der Waals surface area contributed by atoms with E-state index < -0.39 is 0 Å². The number of para-hydroxylation sites is 1. The third kappa shape index (κ3) is 4.42. The Morgan fingerprint density at radius 1 is 1.38 bits per heavy atom. The van der Waals surface area contributed by atoms with Crippen molar-refractivity contribution in [3.05, 3.63) is 29.6 Å². The standard InChI is InChI=1S/C17H27FN2O/c1-17(2)8-5-10-20(13-17)16-14(6-4-7-15(16)18)12-19-9-11-21-3/h4,6-7,19H,5,8-13H2,1-3H3. The highest BCUT2D eigenvalue weighted by atomic mass is 19.1. The molecule has 1 N–H and O–H groups in total. The van der Waals surface area contributed by atoms with E-state index in [2.05, 4.69) is 24.1 Å². The van der Waals surface area contributed by atoms with Gasteiger partial charge < -0.3 is 15.0 Å². The second-order valence-corrected chi connectivity index (χ2v) is 6.61. The van der Waals surface area contributed by atoms with Crippen LogP contribution in [0.1, 0.15) is 32.3 Å². The summed E-state index contributed by atoms with van der Waals surface area (Å²) in [6.45, 7) is 8.49. The minimum absolute atomic E-state index is 0.112. The lowest BCUT2D eigenvalue weighted by Crippen LogP contribution is -2.41. The van der Waals surface area contributed by atoms with Crippen molar-refractivity contribution in [3.8, 4) is 0 Å². The number of halogens is 1. The first kappa shape index (κ1) is 16.2. The normalized spacial score (nSPS) is 18.0. The summed E-state index contributed by atoms with van der Waals surface area (Å²) in [6, 6.07) is 5.37. The van der Waals surface area contributed by atoms with E-state index in [4.69, 9.17) is 4.74 Å². The molecule has 118 valence electrons. The van der Waals surface area contributed by atoms with Crippen LogP contribution in [-0.4, -0.2) is 33.4 Å². The van der Waals surface area contributed by atoms with Gasteiger partial charge in [-0.3, -0.25) is 0 Å². The van der Waals surface area contributed by atoms with Crippen LogP contribution in [0.25, 0.3) is 0 Å². The molecular formula is C17H27FN2O. The van der Waals surface area contributed by atoms with Crippen molar-refractivity contribution in [2.24, 2.45) is 5.41 Å². The van der Waals surface area contributed by atoms with Crippen molar-refractivity contribution in [2.45, 2.75) is 33.2 Å². The van der Waals surface area contributed by atoms with Crippen LogP contribution < -0.4 is 10.2 Å². The molecule has 0 bridgehead atoms. The Labute approximate surface area is 127 Å². The highest BCUT2D eigenvalue weighted by Gasteiger charge is 2.28. The molecule has 0 saturated carbocycles. The Bertz CT molecular complexity index is 462. The number of hydrogen-bond donors (Lipinski definition) is 1. The van der Waals surface area contributed by atoms with Gasteiger partial charge in [-0.2, -0.15) is 0 Å². The Morgan fingerprint density at radius 3 is 2.90 bits per heavy atom. The van der Waals surface area contributed by atoms with E-state index in [9.17, 15) is 4.39 Å². The topological polar surface area (TPSA) is 24.5 Å². The number of hydrogen-bond acceptors (Lipinski definition) is 3. The van der Waals surface area contributed by atoms with Crippen LogP contribution >= 0.6 is 0 Å². The molecule has 4 heteroatoms. The summed E-state index contributed by atoms with van der Waals surface area (Å²) in [7, 11) is 1.69. The van der Waals surface area contributed by atoms with Gasteiger partial charge in [0.25, 0.3) is 0 Å². The Hall–Kier alpha value is -1.13. The van der Waals surface area contributed by atoms with Crippen LogP contribution in [0, 0.1) is 11.2 Å². The van der Waals surface area contributed by atoms with Crippen LogP contribution in [0.2, 0.25) is 0 Å². The molecule has 0 spiro atoms. The minimum atomic E-state index is -0.112. The second kappa shape index (κ2) is 7.23. The van der Waals surface area contributed by atoms with Crippen LogP contribution in [0.3, 0.4) is 0 Å². The molecule has 1 saturated heterocycles. The van der Waals surface area contributed by atoms with Crippen LogP contribution in [0.4, 0.5) is 10.1 Å². The van der Waals surface area contributed by atoms with Crippen molar-refractivity contribution in [1.82, 2.24) is 5.32 Å². The fourth-order valence-corrected chi connectivity index (χ4v) is 3.07. The van der Waals surface area contributed by atoms with Gasteiger partial charge in [0.1, 0.15) is 5.82 Å². The summed E-state index contributed by atoms with van der Waals surface area (Å²) in [5.74, 6) is -0.112. The van der Waals surface area contributed by atoms with Gasteiger partial charge in [0.05, 0.1) is 12.3 Å². The summed E-state index contributed by atoms with van der Waals surface area (Å²) in [6.07, 6.45) is 2.33. The van der Waals surface area contributed by atoms with Gasteiger partial charge >= 0.3 is 0 Å². The number of nitrogens with one attached hydrogen (secondary N) is 1. The number of rotatable bonds is 6. The monoisotopic (exact) mass is 294 g/mol. The van der Waals surface area contributed by atoms with E-state index in [0.29, 0.717) is 13.2 Å². The molecule has 0 unspecified atom stereocenters. The van der Waals surface area contributed by atoms with E-state index >= 15 is 0 Å². The Kier molecular flexibility index (Phi) is 5.59. The smallest absolute Gasteiger partial charge is 0.146 e. The number of anilines is 1. The molecule has 1 aromatic rings. The van der Waals surface area contributed by atoms with Crippen LogP contribution in [0.5, 0.6) is 0 Å². The zero-order valence-corrected chi connectivity index (χ0v) is 13.4. The molecule has 1 aliphatic heterocycles. The van der Waals surface area contributed by atoms with E-state index in [1.807, 2.05) is 6.07 Å². The maximum absolute atomic E-state index is 14.4. The van der Waals surface area contributed by atoms with Gasteiger partial charge in [-0.05, 0) is 29.9 Å². The summed E-state index contributed by atoms with van der Waals surface area (Å²) in [5.41, 5.74) is 2.06. The predicted molar refractivity (Wildman–Crippen MR) is 85.2 cm³/mol. The summed E-state index contributed by atoms with van der Waals surface area (Å²) in [5, 5.41) is 3.31. The molecule has 0 radical (unpaired) electrons. The molecule has 0 aliphatic carbocycles. The third-order valence-electron chi connectivity index (χ3n) is 4.09. The van der Waals surface area contributed by atoms with Gasteiger partial charge in [-0.25, -0.2) is 4.39 Å². The molecule has 3 nitrogen and oxygen atoms in total. The average molecular weight is 294 g/mol. The number of methoxy groups -OCH3 is 1. The number of ether oxygens (including phenoxy) is 1. The van der Waals surface area contributed by atoms with Gasteiger partial charge in [0.2, 0.25) is 0 Å². The van der Waals surface area contributed by atoms with E-state index in [-0.39, 0.29) is 11.2 Å². The molecule has 1 fully saturated rings. The molecule has 1 aromatic carbocycles. The van der Waals surface area contributed by atoms with Crippen LogP contribution in [0.15, 0.2) is 18.2 Å². The fraction of sp³-hybridized carbons (Fsp3) is 0.647. The van der Waals surface area contributed by atoms with E-state index in [1.54, 1.807) is 19.2 Å². The van der Waals surface area contributed by atoms with Gasteiger partial charge in [0.15, 0.2) is 0 Å². The van der Waals surface area contributed by atoms with Crippen molar-refractivity contribution >= 4 is 5.69 Å². The molecule has 1 aliphatic rings. The highest BCUT2D eigenvalue weighted by Crippen LogP contribution is 2.34. The molecule has 0 aromatic heterocycles. The Morgan fingerprint density at radius 2 is 2.19 bits per heavy atom. The second-order valence-electron chi connectivity index (χ2n) is 6.61. The first-order valence-electron chi connectivity index (χ1n) is 7.75. The van der Waals surface area contributed by atoms with E-state index in [1.165, 1.54) is 6.42 Å². The summed E-state index contributed by atoms with van der Waals surface area (Å²) in [4.78, 5) is 2.21. The average Bonchev–Trinajstić information content (AvgIpc) is 2.42. The lowest BCUT2D eigenvalue weighted by molar-refractivity contribution is 0.199. The molecule has 2 rings (SSSR count). The van der Waals surface area contributed by atoms with Crippen molar-refractivity contribution in [1.29, 1.82) is 0 Å². The molecule has 21 heavy (non-hydrogen) atoms. The van der Waals surface area contributed by atoms with Gasteiger partial charge in [0, 0.05) is 33.3 Å². The maximum Gasteiger partial charge on any atom is 0.146 e. The van der Waals surface area contributed by atoms with Crippen molar-refractivity contribution in [2.75, 3.05) is 38.3 Å². The SMILES string of the molecule is COCCNCc1cccc(F)c1N1CCCC(C)(C)C1. The van der Waals surface area contributed by atoms with Gasteiger partial charge in [-0.15, -0.1) is 0 Å². The molecule has 1 heterocycles. The molecule has 0 atom stereocenters. The predicted octanol–water partition coefficient (Wildman–Crippen LogP) is 3.19. The minimum Gasteiger partial charge on any atom is -0.383 e. The summed E-state index contributed by atoms with van der Waals surface area (Å²) < 4.78 is 19.4.